The van der Waals surface area contributed by atoms with Crippen LogP contribution in [0.5, 0.6) is 0 Å². The number of carboxylic acid groups (broad SMARTS) is 1. The van der Waals surface area contributed by atoms with Crippen molar-refractivity contribution >= 4 is 5.97 Å². The number of fused-ring (bicyclic) bond motifs is 3. The van der Waals surface area contributed by atoms with Crippen LogP contribution >= 0.6 is 0 Å². The largest absolute Gasteiger partial charge is 1.00 e. The molecule has 0 amide bonds. The van der Waals surface area contributed by atoms with Gasteiger partial charge in [0.2, 0.25) is 5.79 Å². The van der Waals surface area contributed by atoms with E-state index in [0.29, 0.717) is 18.4 Å². The van der Waals surface area contributed by atoms with Crippen molar-refractivity contribution in [3.05, 3.63) is 35.4 Å². The van der Waals surface area contributed by atoms with E-state index in [0.717, 1.165) is 37.7 Å². The summed E-state index contributed by atoms with van der Waals surface area (Å²) in [5, 5.41) is 11.0. The number of carboxylic acids is 1. The predicted octanol–water partition coefficient (Wildman–Crippen LogP) is 0.169. The Labute approximate surface area is 211 Å². The molecule has 0 radical (unpaired) electrons. The molecule has 0 aromatic heterocycles. The summed E-state index contributed by atoms with van der Waals surface area (Å²) in [5.74, 6) is -0.844. The molecule has 1 saturated carbocycles. The van der Waals surface area contributed by atoms with E-state index >= 15 is 0 Å². The number of ether oxygens (including phenoxy) is 3. The molecule has 5 aliphatic rings. The average molecular weight is 454 g/mol. The molecular formula is C24H31NaO7. The Hall–Kier alpha value is -0.510. The van der Waals surface area contributed by atoms with Crippen LogP contribution in [0, 0.1) is 23.7 Å². The van der Waals surface area contributed by atoms with Crippen LogP contribution in [0.1, 0.15) is 68.8 Å². The van der Waals surface area contributed by atoms with Gasteiger partial charge in [-0.3, -0.25) is 0 Å². The van der Waals surface area contributed by atoms with Crippen molar-refractivity contribution in [3.8, 4) is 0 Å². The minimum absolute atomic E-state index is 0. The number of aromatic carboxylic acids is 1. The quantitative estimate of drug-likeness (QED) is 0.474. The number of rotatable bonds is 4. The summed E-state index contributed by atoms with van der Waals surface area (Å²) < 4.78 is 19.0. The molecule has 32 heavy (non-hydrogen) atoms. The van der Waals surface area contributed by atoms with Gasteiger partial charge >= 0.3 is 29.6 Å². The van der Waals surface area contributed by atoms with Crippen molar-refractivity contribution in [2.24, 2.45) is 23.7 Å². The van der Waals surface area contributed by atoms with E-state index in [1.807, 2.05) is 6.92 Å². The van der Waals surface area contributed by atoms with E-state index < -0.39 is 29.9 Å². The van der Waals surface area contributed by atoms with Gasteiger partial charge < -0.3 is 24.1 Å². The molecule has 8 atom stereocenters. The fraction of sp³-hybridized carbons (Fsp3) is 0.708. The molecule has 1 aromatic rings. The molecule has 1 aliphatic carbocycles. The van der Waals surface area contributed by atoms with Crippen LogP contribution in [0.4, 0.5) is 0 Å². The first-order chi connectivity index (χ1) is 14.8. The second-order valence-electron chi connectivity index (χ2n) is 9.92. The van der Waals surface area contributed by atoms with Crippen molar-refractivity contribution in [1.82, 2.24) is 0 Å². The number of hydrogen-bond acceptors (Lipinski definition) is 7. The maximum atomic E-state index is 11.0. The summed E-state index contributed by atoms with van der Waals surface area (Å²) in [7, 11) is 0. The molecule has 1 aromatic carbocycles. The van der Waals surface area contributed by atoms with Gasteiger partial charge in [0, 0.05) is 18.3 Å². The summed E-state index contributed by atoms with van der Waals surface area (Å²) in [4.78, 5) is 23.1. The van der Waals surface area contributed by atoms with Gasteiger partial charge in [-0.05, 0) is 55.6 Å². The molecule has 4 heterocycles. The Balaban J connectivity index is 0.00000245. The molecule has 5 fully saturated rings. The van der Waals surface area contributed by atoms with Crippen LogP contribution in [0.3, 0.4) is 0 Å². The fourth-order valence-electron chi connectivity index (χ4n) is 6.20. The van der Waals surface area contributed by atoms with E-state index in [1.165, 1.54) is 12.1 Å². The summed E-state index contributed by atoms with van der Waals surface area (Å²) in [6.07, 6.45) is 4.08. The molecule has 4 saturated heterocycles. The zero-order valence-corrected chi connectivity index (χ0v) is 21.4. The van der Waals surface area contributed by atoms with Crippen molar-refractivity contribution in [1.29, 1.82) is 0 Å². The first kappa shape index (κ1) is 24.6. The first-order valence-electron chi connectivity index (χ1n) is 11.4. The number of benzene rings is 1. The Kier molecular flexibility index (Phi) is 7.13. The summed E-state index contributed by atoms with van der Waals surface area (Å²) in [6, 6.07) is 6.55. The van der Waals surface area contributed by atoms with Gasteiger partial charge in [0.15, 0.2) is 18.2 Å². The molecule has 1 spiro atoms. The van der Waals surface area contributed by atoms with Crippen LogP contribution in [0.2, 0.25) is 0 Å². The Morgan fingerprint density at radius 2 is 1.88 bits per heavy atom. The summed E-state index contributed by atoms with van der Waals surface area (Å²) in [6.45, 7) is 6.69. The monoisotopic (exact) mass is 454 g/mol. The molecular weight excluding hydrogens is 423 g/mol. The third-order valence-corrected chi connectivity index (χ3v) is 7.94. The van der Waals surface area contributed by atoms with E-state index in [9.17, 15) is 9.90 Å². The SMILES string of the molecule is C[C@H]1[C@H](OCc2ccc(C(=O)[O-])cc2)O[C@@H]2O[C@]3(C)CCC[C@H]4[C@H](C)CC[C@@H]1[C@@]24OO3.[Na+]. The average Bonchev–Trinajstić information content (AvgIpc) is 2.73. The Bertz CT molecular complexity index is 832. The zero-order chi connectivity index (χ0) is 21.8. The standard InChI is InChI=1S/C24H32O7.Na/c1-14-6-11-19-15(2)21(27-13-16-7-9-17(10-8-16)20(25)26)28-22-24(19)18(14)5-4-12-23(3,29-22)30-31-24;/h7-10,14-15,18-19,21-22H,4-6,11-13H2,1-3H3,(H,25,26);/q;+1/p-1/t14-,15-,18+,19+,21-,22-,23+,24-;/m1./s1. The minimum atomic E-state index is -1.18. The fourth-order valence-corrected chi connectivity index (χ4v) is 6.20. The van der Waals surface area contributed by atoms with Gasteiger partial charge in [0.1, 0.15) is 0 Å². The van der Waals surface area contributed by atoms with Crippen LogP contribution in [-0.2, 0) is 30.6 Å². The maximum Gasteiger partial charge on any atom is 1.00 e. The second-order valence-corrected chi connectivity index (χ2v) is 9.92. The molecule has 7 nitrogen and oxygen atoms in total. The molecule has 0 N–H and O–H groups in total. The second kappa shape index (κ2) is 9.27. The molecule has 4 aliphatic heterocycles. The van der Waals surface area contributed by atoms with Crippen molar-refractivity contribution < 1.29 is 63.4 Å². The van der Waals surface area contributed by atoms with Crippen LogP contribution in [0.25, 0.3) is 0 Å². The van der Waals surface area contributed by atoms with Crippen molar-refractivity contribution in [3.63, 3.8) is 0 Å². The number of hydrogen-bond donors (Lipinski definition) is 0. The van der Waals surface area contributed by atoms with Crippen molar-refractivity contribution in [2.45, 2.75) is 83.5 Å². The molecule has 8 heteroatoms. The van der Waals surface area contributed by atoms with Gasteiger partial charge in [-0.25, -0.2) is 9.78 Å². The third kappa shape index (κ3) is 4.09. The number of carbonyl (C=O) groups is 1. The molecule has 0 unspecified atom stereocenters. The Morgan fingerprint density at radius 1 is 1.12 bits per heavy atom. The third-order valence-electron chi connectivity index (χ3n) is 7.94. The first-order valence-corrected chi connectivity index (χ1v) is 11.4. The van der Waals surface area contributed by atoms with Gasteiger partial charge in [0.25, 0.3) is 0 Å². The van der Waals surface area contributed by atoms with Gasteiger partial charge in [0.05, 0.1) is 12.6 Å². The number of carbonyl (C=O) groups excluding carboxylic acids is 1. The van der Waals surface area contributed by atoms with E-state index in [2.05, 4.69) is 13.8 Å². The molecule has 6 rings (SSSR count). The van der Waals surface area contributed by atoms with E-state index in [4.69, 9.17) is 24.0 Å². The van der Waals surface area contributed by atoms with E-state index in [-0.39, 0.29) is 47.0 Å². The van der Waals surface area contributed by atoms with Crippen LogP contribution in [-0.4, -0.2) is 29.9 Å². The van der Waals surface area contributed by atoms with Crippen molar-refractivity contribution in [2.75, 3.05) is 0 Å². The summed E-state index contributed by atoms with van der Waals surface area (Å²) in [5.41, 5.74) is 0.426. The van der Waals surface area contributed by atoms with Gasteiger partial charge in [-0.1, -0.05) is 38.1 Å². The topological polar surface area (TPSA) is 86.3 Å². The molecule has 170 valence electrons. The zero-order valence-electron chi connectivity index (χ0n) is 19.4. The normalized spacial score (nSPS) is 42.8. The minimum Gasteiger partial charge on any atom is -0.545 e. The predicted molar refractivity (Wildman–Crippen MR) is 107 cm³/mol. The van der Waals surface area contributed by atoms with Crippen LogP contribution in [0.15, 0.2) is 24.3 Å². The maximum absolute atomic E-state index is 11.0. The van der Waals surface area contributed by atoms with Gasteiger partial charge in [-0.15, -0.1) is 0 Å². The molecule has 2 bridgehead atoms. The summed E-state index contributed by atoms with van der Waals surface area (Å²) >= 11 is 0. The smallest absolute Gasteiger partial charge is 0.545 e. The Morgan fingerprint density at radius 3 is 2.59 bits per heavy atom. The van der Waals surface area contributed by atoms with E-state index in [1.54, 1.807) is 12.1 Å². The van der Waals surface area contributed by atoms with Gasteiger partial charge in [-0.2, -0.15) is 0 Å². The van der Waals surface area contributed by atoms with Crippen LogP contribution < -0.4 is 34.7 Å².